The van der Waals surface area contributed by atoms with Gasteiger partial charge in [0.25, 0.3) is 0 Å². The number of halogens is 1. The maximum Gasteiger partial charge on any atom is 0.0540 e. The van der Waals surface area contributed by atoms with Crippen molar-refractivity contribution < 1.29 is 0 Å². The van der Waals surface area contributed by atoms with E-state index in [0.717, 1.165) is 16.7 Å². The van der Waals surface area contributed by atoms with Crippen molar-refractivity contribution in [3.05, 3.63) is 22.9 Å². The fourth-order valence-electron chi connectivity index (χ4n) is 2.02. The number of hydrogen-bond acceptors (Lipinski definition) is 3. The number of nitrogens with zero attached hydrogens (tertiary/aromatic N) is 2. The first kappa shape index (κ1) is 10.9. The van der Waals surface area contributed by atoms with E-state index in [-0.39, 0.29) is 0 Å². The average Bonchev–Trinajstić information content (AvgIpc) is 2.45. The molecule has 1 aromatic rings. The molecule has 1 N–H and O–H groups in total. The molecular formula is C11H16BrN3. The molecule has 0 radical (unpaired) electrons. The summed E-state index contributed by atoms with van der Waals surface area (Å²) in [4.78, 5) is 6.52. The van der Waals surface area contributed by atoms with Gasteiger partial charge in [0.15, 0.2) is 0 Å². The zero-order valence-electron chi connectivity index (χ0n) is 9.07. The van der Waals surface area contributed by atoms with Gasteiger partial charge in [0.2, 0.25) is 0 Å². The zero-order valence-corrected chi connectivity index (χ0v) is 10.7. The van der Waals surface area contributed by atoms with E-state index in [2.05, 4.69) is 51.2 Å². The van der Waals surface area contributed by atoms with Crippen LogP contribution >= 0.6 is 15.9 Å². The maximum absolute atomic E-state index is 4.14. The lowest BCUT2D eigenvalue weighted by molar-refractivity contribution is 0.330. The Bertz CT molecular complexity index is 332. The van der Waals surface area contributed by atoms with E-state index < -0.39 is 0 Å². The van der Waals surface area contributed by atoms with Gasteiger partial charge in [-0.2, -0.15) is 0 Å². The van der Waals surface area contributed by atoms with E-state index in [1.165, 1.54) is 6.42 Å². The second-order valence-electron chi connectivity index (χ2n) is 4.26. The summed E-state index contributed by atoms with van der Waals surface area (Å²) >= 11 is 3.42. The van der Waals surface area contributed by atoms with Gasteiger partial charge >= 0.3 is 0 Å². The third-order valence-electron chi connectivity index (χ3n) is 2.96. The van der Waals surface area contributed by atoms with Gasteiger partial charge in [0, 0.05) is 29.3 Å². The summed E-state index contributed by atoms with van der Waals surface area (Å²) in [5.41, 5.74) is 1.09. The van der Waals surface area contributed by atoms with E-state index in [9.17, 15) is 0 Å². The van der Waals surface area contributed by atoms with Gasteiger partial charge in [0.05, 0.1) is 11.9 Å². The van der Waals surface area contributed by atoms with Crippen LogP contribution in [0.3, 0.4) is 0 Å². The average molecular weight is 270 g/mol. The van der Waals surface area contributed by atoms with Gasteiger partial charge in [-0.05, 0) is 42.4 Å². The molecule has 0 amide bonds. The van der Waals surface area contributed by atoms with Crippen LogP contribution in [0.25, 0.3) is 0 Å². The van der Waals surface area contributed by atoms with Crippen LogP contribution in [0.1, 0.15) is 13.3 Å². The Morgan fingerprint density at radius 3 is 2.93 bits per heavy atom. The maximum atomic E-state index is 4.14. The lowest BCUT2D eigenvalue weighted by atomic mass is 10.2. The molecule has 1 fully saturated rings. The molecule has 1 aliphatic heterocycles. The Hall–Kier alpha value is -0.610. The Morgan fingerprint density at radius 2 is 2.33 bits per heavy atom. The zero-order chi connectivity index (χ0) is 10.8. The summed E-state index contributed by atoms with van der Waals surface area (Å²) in [6.07, 6.45) is 4.87. The van der Waals surface area contributed by atoms with Crippen molar-refractivity contribution in [1.29, 1.82) is 0 Å². The van der Waals surface area contributed by atoms with Gasteiger partial charge in [-0.3, -0.25) is 4.98 Å². The van der Waals surface area contributed by atoms with Gasteiger partial charge in [-0.15, -0.1) is 0 Å². The molecule has 15 heavy (non-hydrogen) atoms. The molecule has 82 valence electrons. The number of likely N-dealkylation sites (tertiary alicyclic amines) is 1. The van der Waals surface area contributed by atoms with Gasteiger partial charge < -0.3 is 10.2 Å². The van der Waals surface area contributed by atoms with Crippen LogP contribution in [-0.2, 0) is 0 Å². The summed E-state index contributed by atoms with van der Waals surface area (Å²) in [5.74, 6) is 0. The Morgan fingerprint density at radius 1 is 1.53 bits per heavy atom. The highest BCUT2D eigenvalue weighted by Gasteiger charge is 2.25. The normalized spacial score (nSPS) is 26.9. The first-order valence-corrected chi connectivity index (χ1v) is 6.02. The molecule has 2 atom stereocenters. The van der Waals surface area contributed by atoms with Crippen molar-refractivity contribution in [2.24, 2.45) is 0 Å². The fourth-order valence-corrected chi connectivity index (χ4v) is 2.39. The van der Waals surface area contributed by atoms with Gasteiger partial charge in [-0.1, -0.05) is 0 Å². The van der Waals surface area contributed by atoms with Crippen molar-refractivity contribution in [2.45, 2.75) is 25.4 Å². The summed E-state index contributed by atoms with van der Waals surface area (Å²) in [7, 11) is 2.17. The van der Waals surface area contributed by atoms with Crippen molar-refractivity contribution in [3.8, 4) is 0 Å². The minimum absolute atomic E-state index is 0.543. The topological polar surface area (TPSA) is 28.2 Å². The minimum atomic E-state index is 0.543. The Kier molecular flexibility index (Phi) is 3.26. The quantitative estimate of drug-likeness (QED) is 0.894. The highest BCUT2D eigenvalue weighted by atomic mass is 79.9. The van der Waals surface area contributed by atoms with E-state index in [1.54, 1.807) is 6.20 Å². The van der Waals surface area contributed by atoms with Crippen LogP contribution in [0.4, 0.5) is 5.69 Å². The van der Waals surface area contributed by atoms with Crippen molar-refractivity contribution in [2.75, 3.05) is 18.9 Å². The number of anilines is 1. The van der Waals surface area contributed by atoms with E-state index in [4.69, 9.17) is 0 Å². The lowest BCUT2D eigenvalue weighted by Crippen LogP contribution is -2.24. The molecular weight excluding hydrogens is 254 g/mol. The molecule has 1 aliphatic rings. The number of aromatic nitrogens is 1. The van der Waals surface area contributed by atoms with Gasteiger partial charge in [0.1, 0.15) is 0 Å². The number of hydrogen-bond donors (Lipinski definition) is 1. The second kappa shape index (κ2) is 4.49. The van der Waals surface area contributed by atoms with E-state index in [0.29, 0.717) is 12.1 Å². The largest absolute Gasteiger partial charge is 0.380 e. The van der Waals surface area contributed by atoms with E-state index in [1.807, 2.05) is 6.20 Å². The number of pyridine rings is 1. The molecule has 2 rings (SSSR count). The summed E-state index contributed by atoms with van der Waals surface area (Å²) in [5, 5.41) is 3.51. The summed E-state index contributed by atoms with van der Waals surface area (Å²) in [6, 6.07) is 3.28. The third-order valence-corrected chi connectivity index (χ3v) is 3.40. The first-order valence-electron chi connectivity index (χ1n) is 5.22. The molecule has 0 aromatic carbocycles. The predicted octanol–water partition coefficient (Wildman–Crippen LogP) is 2.35. The lowest BCUT2D eigenvalue weighted by Gasteiger charge is -2.14. The molecule has 1 aromatic heterocycles. The first-order chi connectivity index (χ1) is 7.15. The Labute approximate surface area is 99.0 Å². The minimum Gasteiger partial charge on any atom is -0.380 e. The van der Waals surface area contributed by atoms with Crippen molar-refractivity contribution in [1.82, 2.24) is 9.88 Å². The molecule has 3 nitrogen and oxygen atoms in total. The molecule has 2 heterocycles. The SMILES string of the molecule is CC1CC(Nc2cncc(Br)c2)CN1C. The van der Waals surface area contributed by atoms with Crippen LogP contribution < -0.4 is 5.32 Å². The van der Waals surface area contributed by atoms with Crippen LogP contribution in [0.5, 0.6) is 0 Å². The highest BCUT2D eigenvalue weighted by molar-refractivity contribution is 9.10. The third kappa shape index (κ3) is 2.69. The smallest absolute Gasteiger partial charge is 0.0540 e. The van der Waals surface area contributed by atoms with E-state index >= 15 is 0 Å². The van der Waals surface area contributed by atoms with Crippen molar-refractivity contribution in [3.63, 3.8) is 0 Å². The molecule has 2 unspecified atom stereocenters. The Balaban J connectivity index is 1.98. The number of rotatable bonds is 2. The highest BCUT2D eigenvalue weighted by Crippen LogP contribution is 2.20. The second-order valence-corrected chi connectivity index (χ2v) is 5.17. The fraction of sp³-hybridized carbons (Fsp3) is 0.545. The summed E-state index contributed by atoms with van der Waals surface area (Å²) < 4.78 is 1.02. The standard InChI is InChI=1S/C11H16BrN3/c1-8-3-11(7-15(8)2)14-10-4-9(12)5-13-6-10/h4-6,8,11,14H,3,7H2,1-2H3. The number of nitrogens with one attached hydrogen (secondary N) is 1. The molecule has 4 heteroatoms. The van der Waals surface area contributed by atoms with Gasteiger partial charge in [-0.25, -0.2) is 0 Å². The molecule has 0 bridgehead atoms. The van der Waals surface area contributed by atoms with Crippen LogP contribution in [-0.4, -0.2) is 35.6 Å². The van der Waals surface area contributed by atoms with Crippen LogP contribution in [0.15, 0.2) is 22.9 Å². The molecule has 1 saturated heterocycles. The molecule has 0 saturated carbocycles. The molecule has 0 spiro atoms. The van der Waals surface area contributed by atoms with Crippen LogP contribution in [0, 0.1) is 0 Å². The number of likely N-dealkylation sites (N-methyl/N-ethyl adjacent to an activating group) is 1. The predicted molar refractivity (Wildman–Crippen MR) is 66.1 cm³/mol. The summed E-state index contributed by atoms with van der Waals surface area (Å²) in [6.45, 7) is 3.37. The monoisotopic (exact) mass is 269 g/mol. The van der Waals surface area contributed by atoms with Crippen molar-refractivity contribution >= 4 is 21.6 Å². The van der Waals surface area contributed by atoms with Crippen LogP contribution in [0.2, 0.25) is 0 Å². The molecule has 0 aliphatic carbocycles.